The SMILES string of the molecule is O=C(CNC(=O)c1ccc(C(F)(F)F)cc1)NCc1ccccc1CN1CCCC1. The van der Waals surface area contributed by atoms with Crippen molar-refractivity contribution in [3.05, 3.63) is 70.8 Å². The number of rotatable bonds is 7. The van der Waals surface area contributed by atoms with Crippen molar-refractivity contribution in [2.24, 2.45) is 0 Å². The molecule has 2 N–H and O–H groups in total. The van der Waals surface area contributed by atoms with E-state index in [2.05, 4.69) is 15.5 Å². The molecule has 30 heavy (non-hydrogen) atoms. The lowest BCUT2D eigenvalue weighted by Crippen LogP contribution is -2.36. The zero-order chi connectivity index (χ0) is 21.6. The molecule has 160 valence electrons. The van der Waals surface area contributed by atoms with Gasteiger partial charge < -0.3 is 10.6 Å². The van der Waals surface area contributed by atoms with Crippen molar-refractivity contribution >= 4 is 11.8 Å². The van der Waals surface area contributed by atoms with E-state index in [1.807, 2.05) is 24.3 Å². The second-order valence-electron chi connectivity index (χ2n) is 7.29. The molecule has 1 fully saturated rings. The first-order valence-electron chi connectivity index (χ1n) is 9.84. The molecule has 1 saturated heterocycles. The molecule has 2 aromatic rings. The minimum Gasteiger partial charge on any atom is -0.350 e. The maximum absolute atomic E-state index is 12.6. The fourth-order valence-electron chi connectivity index (χ4n) is 3.40. The van der Waals surface area contributed by atoms with Crippen molar-refractivity contribution in [2.75, 3.05) is 19.6 Å². The quantitative estimate of drug-likeness (QED) is 0.724. The van der Waals surface area contributed by atoms with Crippen molar-refractivity contribution < 1.29 is 22.8 Å². The van der Waals surface area contributed by atoms with E-state index in [1.54, 1.807) is 0 Å². The largest absolute Gasteiger partial charge is 0.416 e. The number of hydrogen-bond donors (Lipinski definition) is 2. The van der Waals surface area contributed by atoms with E-state index in [4.69, 9.17) is 0 Å². The van der Waals surface area contributed by atoms with Gasteiger partial charge in [0.1, 0.15) is 0 Å². The lowest BCUT2D eigenvalue weighted by Gasteiger charge is -2.17. The van der Waals surface area contributed by atoms with Crippen LogP contribution >= 0.6 is 0 Å². The Hall–Kier alpha value is -2.87. The van der Waals surface area contributed by atoms with Crippen LogP contribution < -0.4 is 10.6 Å². The fraction of sp³-hybridized carbons (Fsp3) is 0.364. The number of carbonyl (C=O) groups excluding carboxylic acids is 2. The maximum atomic E-state index is 12.6. The minimum atomic E-state index is -4.46. The van der Waals surface area contributed by atoms with Crippen LogP contribution in [-0.4, -0.2) is 36.3 Å². The van der Waals surface area contributed by atoms with Crippen LogP contribution in [0.3, 0.4) is 0 Å². The number of benzene rings is 2. The Morgan fingerprint density at radius 1 is 0.900 bits per heavy atom. The first-order valence-corrected chi connectivity index (χ1v) is 9.84. The highest BCUT2D eigenvalue weighted by Crippen LogP contribution is 2.29. The van der Waals surface area contributed by atoms with E-state index in [1.165, 1.54) is 12.8 Å². The summed E-state index contributed by atoms with van der Waals surface area (Å²) in [6.07, 6.45) is -2.05. The van der Waals surface area contributed by atoms with Gasteiger partial charge >= 0.3 is 6.18 Å². The van der Waals surface area contributed by atoms with Crippen LogP contribution in [0.15, 0.2) is 48.5 Å². The van der Waals surface area contributed by atoms with Crippen LogP contribution in [0.4, 0.5) is 13.2 Å². The Bertz CT molecular complexity index is 876. The van der Waals surface area contributed by atoms with Gasteiger partial charge in [-0.1, -0.05) is 24.3 Å². The highest BCUT2D eigenvalue weighted by molar-refractivity contribution is 5.96. The third-order valence-electron chi connectivity index (χ3n) is 5.07. The van der Waals surface area contributed by atoms with E-state index >= 15 is 0 Å². The standard InChI is InChI=1S/C22H24F3N3O2/c23-22(24,25)19-9-7-16(8-10-19)21(30)27-14-20(29)26-13-17-5-1-2-6-18(17)15-28-11-3-4-12-28/h1-2,5-10H,3-4,11-15H2,(H,26,29)(H,27,30). The van der Waals surface area contributed by atoms with Gasteiger partial charge in [-0.25, -0.2) is 0 Å². The summed E-state index contributed by atoms with van der Waals surface area (Å²) in [6, 6.07) is 11.8. The number of likely N-dealkylation sites (tertiary alicyclic amines) is 1. The molecule has 1 heterocycles. The Morgan fingerprint density at radius 2 is 1.53 bits per heavy atom. The molecule has 2 aromatic carbocycles. The first-order chi connectivity index (χ1) is 14.3. The molecule has 5 nitrogen and oxygen atoms in total. The topological polar surface area (TPSA) is 61.4 Å². The molecule has 2 amide bonds. The molecule has 3 rings (SSSR count). The zero-order valence-electron chi connectivity index (χ0n) is 16.5. The molecule has 0 spiro atoms. The number of amides is 2. The van der Waals surface area contributed by atoms with Crippen LogP contribution in [0.5, 0.6) is 0 Å². The number of carbonyl (C=O) groups is 2. The molecule has 0 unspecified atom stereocenters. The zero-order valence-corrected chi connectivity index (χ0v) is 16.5. The van der Waals surface area contributed by atoms with Gasteiger partial charge in [-0.3, -0.25) is 14.5 Å². The lowest BCUT2D eigenvalue weighted by molar-refractivity contribution is -0.137. The Labute approximate surface area is 173 Å². The van der Waals surface area contributed by atoms with Gasteiger partial charge in [0, 0.05) is 18.7 Å². The molecule has 1 aliphatic heterocycles. The summed E-state index contributed by atoms with van der Waals surface area (Å²) in [5.74, 6) is -0.973. The monoisotopic (exact) mass is 419 g/mol. The Morgan fingerprint density at radius 3 is 2.17 bits per heavy atom. The number of halogens is 3. The molecule has 0 radical (unpaired) electrons. The summed E-state index contributed by atoms with van der Waals surface area (Å²) in [4.78, 5) is 26.5. The minimum absolute atomic E-state index is 0.0618. The van der Waals surface area contributed by atoms with Gasteiger partial charge in [0.25, 0.3) is 5.91 Å². The van der Waals surface area contributed by atoms with Crippen molar-refractivity contribution in [2.45, 2.75) is 32.1 Å². The maximum Gasteiger partial charge on any atom is 0.416 e. The number of nitrogens with zero attached hydrogens (tertiary/aromatic N) is 1. The van der Waals surface area contributed by atoms with Gasteiger partial charge in [0.15, 0.2) is 0 Å². The molecule has 8 heteroatoms. The van der Waals surface area contributed by atoms with Crippen LogP contribution in [0.25, 0.3) is 0 Å². The molecule has 1 aliphatic rings. The van der Waals surface area contributed by atoms with Crippen molar-refractivity contribution in [3.8, 4) is 0 Å². The molecule has 0 aromatic heterocycles. The normalized spacial score (nSPS) is 14.5. The van der Waals surface area contributed by atoms with Crippen LogP contribution in [0.1, 0.15) is 39.9 Å². The second kappa shape index (κ2) is 9.75. The highest BCUT2D eigenvalue weighted by atomic mass is 19.4. The summed E-state index contributed by atoms with van der Waals surface area (Å²) in [5, 5.41) is 5.21. The van der Waals surface area contributed by atoms with E-state index in [0.29, 0.717) is 6.54 Å². The molecule has 0 atom stereocenters. The third-order valence-corrected chi connectivity index (χ3v) is 5.07. The van der Waals surface area contributed by atoms with Crippen molar-refractivity contribution in [1.29, 1.82) is 0 Å². The summed E-state index contributed by atoms with van der Waals surface area (Å²) < 4.78 is 37.8. The van der Waals surface area contributed by atoms with Crippen LogP contribution in [0, 0.1) is 0 Å². The Kier molecular flexibility index (Phi) is 7.10. The summed E-state index contributed by atoms with van der Waals surface area (Å²) in [6.45, 7) is 3.09. The third kappa shape index (κ3) is 6.06. The average molecular weight is 419 g/mol. The van der Waals surface area contributed by atoms with Crippen molar-refractivity contribution in [3.63, 3.8) is 0 Å². The molecular formula is C22H24F3N3O2. The van der Waals surface area contributed by atoms with Gasteiger partial charge in [-0.15, -0.1) is 0 Å². The van der Waals surface area contributed by atoms with Crippen LogP contribution in [-0.2, 0) is 24.1 Å². The second-order valence-corrected chi connectivity index (χ2v) is 7.29. The first kappa shape index (κ1) is 21.8. The predicted octanol–water partition coefficient (Wildman–Crippen LogP) is 3.35. The summed E-state index contributed by atoms with van der Waals surface area (Å²) in [5.41, 5.74) is 1.41. The van der Waals surface area contributed by atoms with Gasteiger partial charge in [0.05, 0.1) is 12.1 Å². The van der Waals surface area contributed by atoms with Crippen LogP contribution in [0.2, 0.25) is 0 Å². The number of hydrogen-bond acceptors (Lipinski definition) is 3. The van der Waals surface area contributed by atoms with Crippen molar-refractivity contribution in [1.82, 2.24) is 15.5 Å². The molecule has 0 aliphatic carbocycles. The fourth-order valence-corrected chi connectivity index (χ4v) is 3.40. The van der Waals surface area contributed by atoms with Gasteiger partial charge in [-0.2, -0.15) is 13.2 Å². The van der Waals surface area contributed by atoms with E-state index in [-0.39, 0.29) is 18.0 Å². The van der Waals surface area contributed by atoms with E-state index in [0.717, 1.165) is 55.0 Å². The molecule has 0 bridgehead atoms. The molecular weight excluding hydrogens is 395 g/mol. The smallest absolute Gasteiger partial charge is 0.350 e. The predicted molar refractivity (Wildman–Crippen MR) is 107 cm³/mol. The van der Waals surface area contributed by atoms with E-state index in [9.17, 15) is 22.8 Å². The Balaban J connectivity index is 1.47. The number of nitrogens with one attached hydrogen (secondary N) is 2. The van der Waals surface area contributed by atoms with Gasteiger partial charge in [0.2, 0.25) is 5.91 Å². The summed E-state index contributed by atoms with van der Waals surface area (Å²) in [7, 11) is 0. The highest BCUT2D eigenvalue weighted by Gasteiger charge is 2.30. The average Bonchev–Trinajstić information content (AvgIpc) is 3.24. The number of alkyl halides is 3. The summed E-state index contributed by atoms with van der Waals surface area (Å²) >= 11 is 0. The molecule has 0 saturated carbocycles. The van der Waals surface area contributed by atoms with Gasteiger partial charge in [-0.05, 0) is 61.3 Å². The lowest BCUT2D eigenvalue weighted by atomic mass is 10.1. The van der Waals surface area contributed by atoms with E-state index < -0.39 is 17.6 Å².